The molecule has 0 aromatic carbocycles. The lowest BCUT2D eigenvalue weighted by molar-refractivity contribution is -0.0124. The molecule has 0 amide bonds. The highest BCUT2D eigenvalue weighted by Gasteiger charge is 2.37. The van der Waals surface area contributed by atoms with Crippen molar-refractivity contribution in [1.82, 2.24) is 0 Å². The Morgan fingerprint density at radius 2 is 1.79 bits per heavy atom. The first-order valence-corrected chi connectivity index (χ1v) is 5.16. The van der Waals surface area contributed by atoms with E-state index in [0.29, 0.717) is 6.42 Å². The van der Waals surface area contributed by atoms with Crippen molar-refractivity contribution in [2.75, 3.05) is 0 Å². The molecule has 2 N–H and O–H groups in total. The maximum absolute atomic E-state index is 10.3. The molecule has 14 heavy (non-hydrogen) atoms. The molecule has 0 aliphatic heterocycles. The van der Waals surface area contributed by atoms with E-state index in [1.165, 1.54) is 0 Å². The van der Waals surface area contributed by atoms with E-state index in [2.05, 4.69) is 11.8 Å². The third-order valence-corrected chi connectivity index (χ3v) is 2.34. The molecular formula is C12H22O2. The fraction of sp³-hybridized carbons (Fsp3) is 0.833. The normalized spacial score (nSPS) is 17.9. The van der Waals surface area contributed by atoms with Crippen LogP contribution < -0.4 is 0 Å². The summed E-state index contributed by atoms with van der Waals surface area (Å²) in [6.07, 6.45) is 0.833. The Hall–Kier alpha value is -0.520. The monoisotopic (exact) mass is 198 g/mol. The van der Waals surface area contributed by atoms with Gasteiger partial charge in [0.2, 0.25) is 0 Å². The lowest BCUT2D eigenvalue weighted by Gasteiger charge is -2.35. The number of hydrogen-bond acceptors (Lipinski definition) is 2. The van der Waals surface area contributed by atoms with Gasteiger partial charge in [-0.2, -0.15) is 0 Å². The van der Waals surface area contributed by atoms with E-state index in [-0.39, 0.29) is 5.41 Å². The molecule has 0 aromatic heterocycles. The summed E-state index contributed by atoms with van der Waals surface area (Å²) in [4.78, 5) is 0. The molecule has 0 aromatic rings. The lowest BCUT2D eigenvalue weighted by Crippen LogP contribution is -2.41. The van der Waals surface area contributed by atoms with Gasteiger partial charge in [0.25, 0.3) is 0 Å². The summed E-state index contributed by atoms with van der Waals surface area (Å²) in [5.41, 5.74) is -1.29. The van der Waals surface area contributed by atoms with Crippen LogP contribution in [0.4, 0.5) is 0 Å². The number of aliphatic hydroxyl groups is 2. The maximum atomic E-state index is 10.3. The van der Waals surface area contributed by atoms with E-state index in [9.17, 15) is 5.11 Å². The van der Waals surface area contributed by atoms with Crippen molar-refractivity contribution in [2.24, 2.45) is 5.41 Å². The first-order valence-electron chi connectivity index (χ1n) is 5.16. The highest BCUT2D eigenvalue weighted by molar-refractivity contribution is 5.19. The van der Waals surface area contributed by atoms with Crippen LogP contribution in [0.2, 0.25) is 0 Å². The molecule has 0 rings (SSSR count). The Morgan fingerprint density at radius 1 is 1.29 bits per heavy atom. The van der Waals surface area contributed by atoms with Gasteiger partial charge in [0.05, 0.1) is 0 Å². The Labute approximate surface area is 87.3 Å². The maximum Gasteiger partial charge on any atom is 0.130 e. The van der Waals surface area contributed by atoms with Gasteiger partial charge in [-0.3, -0.25) is 0 Å². The van der Waals surface area contributed by atoms with Crippen molar-refractivity contribution in [2.45, 2.75) is 59.2 Å². The standard InChI is InChI=1S/C12H22O2/c1-6-8-12(14,11(3,4)5)9-7-10(2)13/h10,13-14H,6,8H2,1-5H3/t10-,12?/m1/s1. The second-order valence-corrected chi connectivity index (χ2v) is 4.81. The minimum Gasteiger partial charge on any atom is -0.381 e. The van der Waals surface area contributed by atoms with E-state index in [1.807, 2.05) is 27.7 Å². The third-order valence-electron chi connectivity index (χ3n) is 2.34. The summed E-state index contributed by atoms with van der Waals surface area (Å²) < 4.78 is 0. The molecule has 0 heterocycles. The van der Waals surface area contributed by atoms with Crippen LogP contribution in [0.25, 0.3) is 0 Å². The molecule has 2 heteroatoms. The van der Waals surface area contributed by atoms with Crippen LogP contribution in [-0.4, -0.2) is 21.9 Å². The predicted molar refractivity (Wildman–Crippen MR) is 58.8 cm³/mol. The highest BCUT2D eigenvalue weighted by atomic mass is 16.3. The van der Waals surface area contributed by atoms with E-state index in [1.54, 1.807) is 6.92 Å². The van der Waals surface area contributed by atoms with Gasteiger partial charge in [-0.05, 0) is 13.3 Å². The van der Waals surface area contributed by atoms with Crippen molar-refractivity contribution in [1.29, 1.82) is 0 Å². The van der Waals surface area contributed by atoms with Crippen LogP contribution in [0.15, 0.2) is 0 Å². The number of rotatable bonds is 2. The summed E-state index contributed by atoms with van der Waals surface area (Å²) in [7, 11) is 0. The average molecular weight is 198 g/mol. The molecule has 0 radical (unpaired) electrons. The minimum atomic E-state index is -1.00. The van der Waals surface area contributed by atoms with E-state index < -0.39 is 11.7 Å². The van der Waals surface area contributed by atoms with Crippen molar-refractivity contribution >= 4 is 0 Å². The summed E-state index contributed by atoms with van der Waals surface area (Å²) >= 11 is 0. The zero-order valence-corrected chi connectivity index (χ0v) is 9.89. The first kappa shape index (κ1) is 13.5. The van der Waals surface area contributed by atoms with Gasteiger partial charge in [0.1, 0.15) is 11.7 Å². The Morgan fingerprint density at radius 3 is 2.07 bits per heavy atom. The Kier molecular flexibility index (Phi) is 4.64. The molecule has 82 valence electrons. The second kappa shape index (κ2) is 4.82. The zero-order chi connectivity index (χ0) is 11.4. The summed E-state index contributed by atoms with van der Waals surface area (Å²) in [5, 5.41) is 19.4. The van der Waals surface area contributed by atoms with Crippen molar-refractivity contribution in [3.8, 4) is 11.8 Å². The Bertz CT molecular complexity index is 227. The molecule has 0 saturated carbocycles. The lowest BCUT2D eigenvalue weighted by atomic mass is 9.74. The van der Waals surface area contributed by atoms with E-state index >= 15 is 0 Å². The summed E-state index contributed by atoms with van der Waals surface area (Å²) in [6.45, 7) is 9.49. The van der Waals surface area contributed by atoms with E-state index in [0.717, 1.165) is 6.42 Å². The highest BCUT2D eigenvalue weighted by Crippen LogP contribution is 2.33. The molecule has 0 fully saturated rings. The summed E-state index contributed by atoms with van der Waals surface area (Å²) in [5.74, 6) is 5.42. The molecule has 0 aliphatic carbocycles. The molecule has 0 spiro atoms. The molecule has 2 nitrogen and oxygen atoms in total. The number of aliphatic hydroxyl groups excluding tert-OH is 1. The fourth-order valence-corrected chi connectivity index (χ4v) is 1.21. The molecule has 1 unspecified atom stereocenters. The summed E-state index contributed by atoms with van der Waals surface area (Å²) in [6, 6.07) is 0. The van der Waals surface area contributed by atoms with Gasteiger partial charge in [-0.15, -0.1) is 0 Å². The molecular weight excluding hydrogens is 176 g/mol. The van der Waals surface area contributed by atoms with Gasteiger partial charge < -0.3 is 10.2 Å². The van der Waals surface area contributed by atoms with E-state index in [4.69, 9.17) is 5.11 Å². The first-order chi connectivity index (χ1) is 6.23. The molecule has 0 bridgehead atoms. The zero-order valence-electron chi connectivity index (χ0n) is 9.89. The van der Waals surface area contributed by atoms with Gasteiger partial charge in [-0.25, -0.2) is 0 Å². The molecule has 0 aliphatic rings. The van der Waals surface area contributed by atoms with Crippen LogP contribution in [0.1, 0.15) is 47.5 Å². The van der Waals surface area contributed by atoms with Crippen LogP contribution >= 0.6 is 0 Å². The largest absolute Gasteiger partial charge is 0.381 e. The topological polar surface area (TPSA) is 40.5 Å². The molecule has 0 saturated heterocycles. The van der Waals surface area contributed by atoms with Gasteiger partial charge >= 0.3 is 0 Å². The average Bonchev–Trinajstić information content (AvgIpc) is 1.99. The van der Waals surface area contributed by atoms with Gasteiger partial charge in [0.15, 0.2) is 0 Å². The predicted octanol–water partition coefficient (Wildman–Crippen LogP) is 1.95. The Balaban J connectivity index is 4.85. The fourth-order valence-electron chi connectivity index (χ4n) is 1.21. The van der Waals surface area contributed by atoms with Gasteiger partial charge in [-0.1, -0.05) is 46.0 Å². The quantitative estimate of drug-likeness (QED) is 0.666. The van der Waals surface area contributed by atoms with Crippen molar-refractivity contribution in [3.63, 3.8) is 0 Å². The smallest absolute Gasteiger partial charge is 0.130 e. The number of hydrogen-bond donors (Lipinski definition) is 2. The van der Waals surface area contributed by atoms with Crippen LogP contribution in [0.3, 0.4) is 0 Å². The van der Waals surface area contributed by atoms with Crippen LogP contribution in [0, 0.1) is 17.3 Å². The van der Waals surface area contributed by atoms with Gasteiger partial charge in [0, 0.05) is 5.41 Å². The minimum absolute atomic E-state index is 0.287. The second-order valence-electron chi connectivity index (χ2n) is 4.81. The third kappa shape index (κ3) is 3.69. The molecule has 2 atom stereocenters. The SMILES string of the molecule is CCCC(O)(C#C[C@@H](C)O)C(C)(C)C. The van der Waals surface area contributed by atoms with Crippen molar-refractivity contribution in [3.05, 3.63) is 0 Å². The van der Waals surface area contributed by atoms with Crippen LogP contribution in [0.5, 0.6) is 0 Å². The van der Waals surface area contributed by atoms with Crippen LogP contribution in [-0.2, 0) is 0 Å². The van der Waals surface area contributed by atoms with Crippen molar-refractivity contribution < 1.29 is 10.2 Å².